The van der Waals surface area contributed by atoms with Gasteiger partial charge in [0.25, 0.3) is 0 Å². The summed E-state index contributed by atoms with van der Waals surface area (Å²) in [6, 6.07) is 0. The van der Waals surface area contributed by atoms with Crippen LogP contribution in [0.25, 0.3) is 0 Å². The third-order valence-electron chi connectivity index (χ3n) is 4.50. The van der Waals surface area contributed by atoms with Crippen LogP contribution in [-0.2, 0) is 9.53 Å². The van der Waals surface area contributed by atoms with E-state index in [1.807, 2.05) is 27.7 Å². The summed E-state index contributed by atoms with van der Waals surface area (Å²) in [5, 5.41) is 18.1. The molecule has 0 spiro atoms. The Morgan fingerprint density at radius 3 is 1.71 bits per heavy atom. The van der Waals surface area contributed by atoms with Crippen molar-refractivity contribution in [2.45, 2.75) is 117 Å². The zero-order valence-electron chi connectivity index (χ0n) is 16.6. The number of aliphatic hydroxyl groups excluding tert-OH is 1. The van der Waals surface area contributed by atoms with Crippen LogP contribution in [0, 0.1) is 5.41 Å². The average molecular weight is 345 g/mol. The van der Waals surface area contributed by atoms with Crippen molar-refractivity contribution in [1.82, 2.24) is 0 Å². The van der Waals surface area contributed by atoms with Crippen molar-refractivity contribution in [3.63, 3.8) is 0 Å². The van der Waals surface area contributed by atoms with Gasteiger partial charge in [0, 0.05) is 0 Å². The molecule has 0 aromatic rings. The molecule has 0 rings (SSSR count). The van der Waals surface area contributed by atoms with Crippen LogP contribution < -0.4 is 0 Å². The largest absolute Gasteiger partial charge is 0.481 e. The molecule has 4 heteroatoms. The van der Waals surface area contributed by atoms with Gasteiger partial charge in [-0.05, 0) is 39.0 Å². The predicted molar refractivity (Wildman–Crippen MR) is 99.0 cm³/mol. The van der Waals surface area contributed by atoms with Crippen molar-refractivity contribution in [3.05, 3.63) is 0 Å². The second-order valence-corrected chi connectivity index (χ2v) is 8.54. The van der Waals surface area contributed by atoms with Crippen LogP contribution in [0.2, 0.25) is 0 Å². The molecule has 0 aliphatic heterocycles. The van der Waals surface area contributed by atoms with Gasteiger partial charge in [-0.15, -0.1) is 0 Å². The van der Waals surface area contributed by atoms with E-state index in [4.69, 9.17) is 9.84 Å². The molecule has 0 fully saturated rings. The zero-order chi connectivity index (χ0) is 18.6. The van der Waals surface area contributed by atoms with Gasteiger partial charge >= 0.3 is 5.97 Å². The third kappa shape index (κ3) is 14.9. The van der Waals surface area contributed by atoms with E-state index >= 15 is 0 Å². The minimum atomic E-state index is -0.694. The third-order valence-corrected chi connectivity index (χ3v) is 4.50. The second kappa shape index (κ2) is 11.9. The molecule has 0 saturated heterocycles. The van der Waals surface area contributed by atoms with Gasteiger partial charge in [-0.3, -0.25) is 4.79 Å². The Morgan fingerprint density at radius 2 is 1.29 bits per heavy atom. The first kappa shape index (κ1) is 23.4. The summed E-state index contributed by atoms with van der Waals surface area (Å²) in [5.74, 6) is -0.693. The van der Waals surface area contributed by atoms with Gasteiger partial charge in [-0.2, -0.15) is 0 Å². The maximum atomic E-state index is 10.8. The lowest BCUT2D eigenvalue weighted by Crippen LogP contribution is -2.29. The van der Waals surface area contributed by atoms with Crippen molar-refractivity contribution < 1.29 is 19.7 Å². The highest BCUT2D eigenvalue weighted by Gasteiger charge is 2.21. The first-order chi connectivity index (χ1) is 11.0. The smallest absolute Gasteiger partial charge is 0.303 e. The Bertz CT molecular complexity index is 335. The van der Waals surface area contributed by atoms with Crippen LogP contribution in [-0.4, -0.2) is 28.1 Å². The summed E-state index contributed by atoms with van der Waals surface area (Å²) in [5.41, 5.74) is -0.316. The van der Waals surface area contributed by atoms with E-state index < -0.39 is 12.3 Å². The van der Waals surface area contributed by atoms with E-state index in [9.17, 15) is 9.90 Å². The first-order valence-electron chi connectivity index (χ1n) is 9.62. The second-order valence-electron chi connectivity index (χ2n) is 8.54. The van der Waals surface area contributed by atoms with Crippen LogP contribution in [0.5, 0.6) is 0 Å². The number of aliphatic hydroxyl groups is 1. The van der Waals surface area contributed by atoms with Gasteiger partial charge in [0.1, 0.15) is 0 Å². The molecule has 0 aliphatic carbocycles. The predicted octanol–water partition coefficient (Wildman–Crippen LogP) is 5.52. The Labute approximate surface area is 149 Å². The van der Waals surface area contributed by atoms with Crippen LogP contribution in [0.4, 0.5) is 0 Å². The quantitative estimate of drug-likeness (QED) is 0.303. The molecule has 0 aromatic carbocycles. The van der Waals surface area contributed by atoms with Crippen LogP contribution >= 0.6 is 0 Å². The number of aliphatic carboxylic acids is 1. The van der Waals surface area contributed by atoms with Crippen LogP contribution in [0.3, 0.4) is 0 Å². The van der Waals surface area contributed by atoms with Gasteiger partial charge in [0.15, 0.2) is 6.29 Å². The molecule has 0 aliphatic rings. The van der Waals surface area contributed by atoms with E-state index in [2.05, 4.69) is 0 Å². The lowest BCUT2D eigenvalue weighted by molar-refractivity contribution is -0.164. The summed E-state index contributed by atoms with van der Waals surface area (Å²) in [4.78, 5) is 10.8. The number of carbonyl (C=O) groups is 1. The van der Waals surface area contributed by atoms with Crippen molar-refractivity contribution in [2.75, 3.05) is 0 Å². The summed E-state index contributed by atoms with van der Waals surface area (Å²) in [7, 11) is 0. The van der Waals surface area contributed by atoms with Crippen molar-refractivity contribution >= 4 is 5.97 Å². The zero-order valence-corrected chi connectivity index (χ0v) is 16.6. The monoisotopic (exact) mass is 344 g/mol. The van der Waals surface area contributed by atoms with E-state index in [0.29, 0.717) is 0 Å². The Morgan fingerprint density at radius 1 is 0.875 bits per heavy atom. The number of hydrogen-bond acceptors (Lipinski definition) is 3. The molecule has 2 N–H and O–H groups in total. The molecular formula is C20H40O4. The number of hydrogen-bond donors (Lipinski definition) is 2. The SMILES string of the molecule is CC(O)OC(C)(C)CCCCCCCCCCC(C)(C)CC(=O)O. The fourth-order valence-corrected chi connectivity index (χ4v) is 3.23. The average Bonchev–Trinajstić information content (AvgIpc) is 2.37. The normalized spacial score (nSPS) is 13.9. The molecule has 24 heavy (non-hydrogen) atoms. The van der Waals surface area contributed by atoms with Crippen LogP contribution in [0.1, 0.15) is 105 Å². The number of carboxylic acids is 1. The minimum absolute atomic E-state index is 0.0766. The van der Waals surface area contributed by atoms with Crippen molar-refractivity contribution in [2.24, 2.45) is 5.41 Å². The molecule has 0 radical (unpaired) electrons. The lowest BCUT2D eigenvalue weighted by atomic mass is 9.83. The summed E-state index contributed by atoms with van der Waals surface area (Å²) in [6.07, 6.45) is 11.3. The highest BCUT2D eigenvalue weighted by Crippen LogP contribution is 2.28. The molecular weight excluding hydrogens is 304 g/mol. The summed E-state index contributed by atoms with van der Waals surface area (Å²) in [6.45, 7) is 9.81. The van der Waals surface area contributed by atoms with E-state index in [1.165, 1.54) is 38.5 Å². The molecule has 144 valence electrons. The molecule has 1 atom stereocenters. The highest BCUT2D eigenvalue weighted by atomic mass is 16.6. The molecule has 0 aromatic heterocycles. The fourth-order valence-electron chi connectivity index (χ4n) is 3.23. The Balaban J connectivity index is 3.47. The topological polar surface area (TPSA) is 66.8 Å². The van der Waals surface area contributed by atoms with E-state index in [0.717, 1.165) is 25.7 Å². The maximum Gasteiger partial charge on any atom is 0.303 e. The number of rotatable bonds is 15. The van der Waals surface area contributed by atoms with Crippen LogP contribution in [0.15, 0.2) is 0 Å². The van der Waals surface area contributed by atoms with E-state index in [1.54, 1.807) is 6.92 Å². The molecule has 0 saturated carbocycles. The molecule has 1 unspecified atom stereocenters. The van der Waals surface area contributed by atoms with Gasteiger partial charge in [0.2, 0.25) is 0 Å². The number of carboxylic acid groups (broad SMARTS) is 1. The molecule has 0 amide bonds. The maximum absolute atomic E-state index is 10.8. The first-order valence-corrected chi connectivity index (χ1v) is 9.62. The van der Waals surface area contributed by atoms with Gasteiger partial charge in [-0.1, -0.05) is 65.2 Å². The van der Waals surface area contributed by atoms with Crippen molar-refractivity contribution in [1.29, 1.82) is 0 Å². The van der Waals surface area contributed by atoms with Gasteiger partial charge < -0.3 is 14.9 Å². The van der Waals surface area contributed by atoms with Gasteiger partial charge in [-0.25, -0.2) is 0 Å². The van der Waals surface area contributed by atoms with E-state index in [-0.39, 0.29) is 17.4 Å². The summed E-state index contributed by atoms with van der Waals surface area (Å²) >= 11 is 0. The highest BCUT2D eigenvalue weighted by molar-refractivity contribution is 5.67. The molecule has 0 heterocycles. The number of unbranched alkanes of at least 4 members (excludes halogenated alkanes) is 7. The fraction of sp³-hybridized carbons (Fsp3) is 0.950. The molecule has 4 nitrogen and oxygen atoms in total. The standard InChI is InChI=1S/C20H40O4/c1-17(21)24-20(4,5)15-13-11-9-7-6-8-10-12-14-19(2,3)16-18(22)23/h17,21H,6-16H2,1-5H3,(H,22,23). The minimum Gasteiger partial charge on any atom is -0.481 e. The number of ether oxygens (including phenoxy) is 1. The van der Waals surface area contributed by atoms with Crippen molar-refractivity contribution in [3.8, 4) is 0 Å². The van der Waals surface area contributed by atoms with Gasteiger partial charge in [0.05, 0.1) is 12.0 Å². The Hall–Kier alpha value is -0.610. The molecule has 0 bridgehead atoms. The lowest BCUT2D eigenvalue weighted by Gasteiger charge is -2.26. The summed E-state index contributed by atoms with van der Waals surface area (Å²) < 4.78 is 5.48. The Kier molecular flexibility index (Phi) is 11.6.